The van der Waals surface area contributed by atoms with Crippen LogP contribution in [0.4, 0.5) is 0 Å². The second kappa shape index (κ2) is 25.6. The van der Waals surface area contributed by atoms with E-state index in [9.17, 15) is 4.79 Å². The fourth-order valence-electron chi connectivity index (χ4n) is 3.27. The van der Waals surface area contributed by atoms with Gasteiger partial charge in [-0.2, -0.15) is 0 Å². The molecule has 0 aromatic heterocycles. The van der Waals surface area contributed by atoms with Gasteiger partial charge in [0.25, 0.3) is 0 Å². The second-order valence-electron chi connectivity index (χ2n) is 7.55. The summed E-state index contributed by atoms with van der Waals surface area (Å²) in [7, 11) is 0. The molecule has 0 aliphatic rings. The van der Waals surface area contributed by atoms with Gasteiger partial charge in [0.15, 0.2) is 0 Å². The van der Waals surface area contributed by atoms with Crippen molar-refractivity contribution in [3.8, 4) is 0 Å². The lowest BCUT2D eigenvalue weighted by atomic mass is 10.0. The summed E-state index contributed by atoms with van der Waals surface area (Å²) in [6.45, 7) is 8.30. The molecule has 1 amide bonds. The predicted octanol–water partition coefficient (Wildman–Crippen LogP) is 6.72. The quantitative estimate of drug-likeness (QED) is 0.152. The van der Waals surface area contributed by atoms with Gasteiger partial charge in [-0.05, 0) is 19.0 Å². The van der Waals surface area contributed by atoms with Gasteiger partial charge in [-0.15, -0.1) is 17.0 Å². The van der Waals surface area contributed by atoms with Crippen molar-refractivity contribution in [3.05, 3.63) is 12.7 Å². The van der Waals surface area contributed by atoms with Gasteiger partial charge in [0.2, 0.25) is 5.91 Å². The summed E-state index contributed by atoms with van der Waals surface area (Å²) in [5.74, 6) is -0.0887. The third-order valence-electron chi connectivity index (χ3n) is 4.99. The van der Waals surface area contributed by atoms with Gasteiger partial charge in [0.05, 0.1) is 0 Å². The molecule has 162 valence electrons. The van der Waals surface area contributed by atoms with Gasteiger partial charge < -0.3 is 10.6 Å². The Bertz CT molecular complexity index is 311. The summed E-state index contributed by atoms with van der Waals surface area (Å²) in [5, 5.41) is 6.14. The van der Waals surface area contributed by atoms with E-state index < -0.39 is 0 Å². The summed E-state index contributed by atoms with van der Waals surface area (Å²) in [6.07, 6.45) is 23.9. The first-order valence-corrected chi connectivity index (χ1v) is 11.4. The molecule has 0 saturated carbocycles. The van der Waals surface area contributed by atoms with Gasteiger partial charge >= 0.3 is 0 Å². The molecular weight excluding hydrogens is 400 g/mol. The molecule has 0 aliphatic heterocycles. The largest absolute Gasteiger partial charge is 0.351 e. The fraction of sp³-hybridized carbons (Fsp3) is 0.870. The Morgan fingerprint density at radius 3 is 1.48 bits per heavy atom. The first-order chi connectivity index (χ1) is 12.8. The smallest absolute Gasteiger partial charge is 0.243 e. The third kappa shape index (κ3) is 25.7. The molecule has 0 aromatic carbocycles. The lowest BCUT2D eigenvalue weighted by Gasteiger charge is -2.06. The Morgan fingerprint density at radius 2 is 1.07 bits per heavy atom. The van der Waals surface area contributed by atoms with Gasteiger partial charge in [-0.25, -0.2) is 0 Å². The number of carbonyl (C=O) groups is 1. The molecule has 0 atom stereocenters. The van der Waals surface area contributed by atoms with Crippen molar-refractivity contribution in [2.45, 2.75) is 110 Å². The summed E-state index contributed by atoms with van der Waals surface area (Å²) in [5.41, 5.74) is 0. The zero-order valence-corrected chi connectivity index (χ0v) is 19.7. The highest BCUT2D eigenvalue weighted by molar-refractivity contribution is 8.93. The number of nitrogens with one attached hydrogen (secondary N) is 2. The zero-order chi connectivity index (χ0) is 19.1. The Labute approximate surface area is 180 Å². The van der Waals surface area contributed by atoms with Crippen molar-refractivity contribution < 1.29 is 4.79 Å². The lowest BCUT2D eigenvalue weighted by molar-refractivity contribution is -0.116. The van der Waals surface area contributed by atoms with Gasteiger partial charge in [-0.3, -0.25) is 4.79 Å². The van der Waals surface area contributed by atoms with Gasteiger partial charge in [-0.1, -0.05) is 110 Å². The lowest BCUT2D eigenvalue weighted by Crippen LogP contribution is -2.31. The molecule has 0 radical (unpaired) electrons. The van der Waals surface area contributed by atoms with Gasteiger partial charge in [0.1, 0.15) is 0 Å². The number of halogens is 1. The van der Waals surface area contributed by atoms with Crippen molar-refractivity contribution in [2.24, 2.45) is 0 Å². The molecule has 3 nitrogen and oxygen atoms in total. The monoisotopic (exact) mass is 446 g/mol. The van der Waals surface area contributed by atoms with E-state index in [1.165, 1.54) is 109 Å². The topological polar surface area (TPSA) is 41.1 Å². The molecular formula is C23H47BrN2O. The van der Waals surface area contributed by atoms with Crippen LogP contribution in [0.2, 0.25) is 0 Å². The summed E-state index contributed by atoms with van der Waals surface area (Å²) < 4.78 is 0. The van der Waals surface area contributed by atoms with Crippen molar-refractivity contribution in [1.29, 1.82) is 0 Å². The number of amides is 1. The van der Waals surface area contributed by atoms with E-state index >= 15 is 0 Å². The maximum Gasteiger partial charge on any atom is 0.243 e. The van der Waals surface area contributed by atoms with Crippen LogP contribution in [0.5, 0.6) is 0 Å². The predicted molar refractivity (Wildman–Crippen MR) is 126 cm³/mol. The zero-order valence-electron chi connectivity index (χ0n) is 18.0. The molecule has 0 fully saturated rings. The molecule has 2 N–H and O–H groups in total. The average Bonchev–Trinajstić information content (AvgIpc) is 2.66. The Kier molecular flexibility index (Phi) is 27.4. The maximum absolute atomic E-state index is 10.9. The molecule has 0 bridgehead atoms. The second-order valence-corrected chi connectivity index (χ2v) is 7.55. The number of rotatable bonds is 21. The summed E-state index contributed by atoms with van der Waals surface area (Å²) >= 11 is 0. The molecule has 0 aromatic rings. The van der Waals surface area contributed by atoms with E-state index in [0.29, 0.717) is 6.54 Å². The molecule has 0 rings (SSSR count). The highest BCUT2D eigenvalue weighted by atomic mass is 79.9. The number of hydrogen-bond donors (Lipinski definition) is 2. The summed E-state index contributed by atoms with van der Waals surface area (Å²) in [4.78, 5) is 10.9. The van der Waals surface area contributed by atoms with Crippen LogP contribution in [-0.4, -0.2) is 25.5 Å². The van der Waals surface area contributed by atoms with Gasteiger partial charge in [0, 0.05) is 13.1 Å². The van der Waals surface area contributed by atoms with Crippen molar-refractivity contribution >= 4 is 22.9 Å². The van der Waals surface area contributed by atoms with Crippen molar-refractivity contribution in [3.63, 3.8) is 0 Å². The Balaban J connectivity index is 0. The van der Waals surface area contributed by atoms with Crippen molar-refractivity contribution in [1.82, 2.24) is 10.6 Å². The molecule has 0 heterocycles. The van der Waals surface area contributed by atoms with Crippen LogP contribution in [0, 0.1) is 0 Å². The Hall–Kier alpha value is -0.350. The normalized spacial score (nSPS) is 10.4. The van der Waals surface area contributed by atoms with Crippen LogP contribution in [0.1, 0.15) is 110 Å². The fourth-order valence-corrected chi connectivity index (χ4v) is 3.27. The average molecular weight is 448 g/mol. The molecule has 27 heavy (non-hydrogen) atoms. The Morgan fingerprint density at radius 1 is 0.667 bits per heavy atom. The van der Waals surface area contributed by atoms with E-state index in [2.05, 4.69) is 24.1 Å². The van der Waals surface area contributed by atoms with Crippen LogP contribution >= 0.6 is 17.0 Å². The molecule has 0 aliphatic carbocycles. The first kappa shape index (κ1) is 28.9. The number of hydrogen-bond acceptors (Lipinski definition) is 2. The van der Waals surface area contributed by atoms with Crippen LogP contribution in [0.3, 0.4) is 0 Å². The molecule has 0 saturated heterocycles. The maximum atomic E-state index is 10.9. The molecule has 0 spiro atoms. The SMILES string of the molecule is Br.C=CC(=O)NCCNCCCCCCCCCCCCCCCCCC. The van der Waals surface area contributed by atoms with Crippen molar-refractivity contribution in [2.75, 3.05) is 19.6 Å². The van der Waals surface area contributed by atoms with Crippen LogP contribution in [-0.2, 0) is 4.79 Å². The highest BCUT2D eigenvalue weighted by Gasteiger charge is 1.95. The number of carbonyl (C=O) groups excluding carboxylic acids is 1. The van der Waals surface area contributed by atoms with Crippen LogP contribution < -0.4 is 10.6 Å². The third-order valence-corrected chi connectivity index (χ3v) is 4.99. The number of unbranched alkanes of at least 4 members (excludes halogenated alkanes) is 15. The minimum absolute atomic E-state index is 0. The van der Waals surface area contributed by atoms with Crippen LogP contribution in [0.15, 0.2) is 12.7 Å². The first-order valence-electron chi connectivity index (χ1n) is 11.4. The van der Waals surface area contributed by atoms with E-state index in [4.69, 9.17) is 0 Å². The minimum Gasteiger partial charge on any atom is -0.351 e. The van der Waals surface area contributed by atoms with E-state index in [1.807, 2.05) is 0 Å². The van der Waals surface area contributed by atoms with Crippen LogP contribution in [0.25, 0.3) is 0 Å². The van der Waals surface area contributed by atoms with E-state index in [0.717, 1.165) is 13.1 Å². The summed E-state index contributed by atoms with van der Waals surface area (Å²) in [6, 6.07) is 0. The molecule has 0 unspecified atom stereocenters. The minimum atomic E-state index is -0.0887. The van der Waals surface area contributed by atoms with E-state index in [1.54, 1.807) is 0 Å². The standard InChI is InChI=1S/C23H46N2O.BrH/c1-3-5-6-7-8-9-10-11-12-13-14-15-16-17-18-19-20-24-21-22-25-23(26)4-2;/h4,24H,2-3,5-22H2,1H3,(H,25,26);1H. The van der Waals surface area contributed by atoms with E-state index in [-0.39, 0.29) is 22.9 Å². The molecule has 4 heteroatoms. The highest BCUT2D eigenvalue weighted by Crippen LogP contribution is 2.13.